The molecule has 0 heterocycles. The van der Waals surface area contributed by atoms with E-state index in [-0.39, 0.29) is 5.54 Å². The number of benzene rings is 1. The van der Waals surface area contributed by atoms with Gasteiger partial charge in [0.15, 0.2) is 5.78 Å². The minimum Gasteiger partial charge on any atom is -0.292 e. The van der Waals surface area contributed by atoms with E-state index in [9.17, 15) is 4.79 Å². The molecule has 1 aromatic rings. The highest BCUT2D eigenvalue weighted by molar-refractivity contribution is 6.04. The fourth-order valence-corrected chi connectivity index (χ4v) is 3.72. The normalized spacial score (nSPS) is 17.6. The quantitative estimate of drug-likeness (QED) is 0.751. The van der Waals surface area contributed by atoms with Gasteiger partial charge in [-0.2, -0.15) is 0 Å². The van der Waals surface area contributed by atoms with Crippen molar-refractivity contribution in [3.05, 3.63) is 34.9 Å². The van der Waals surface area contributed by atoms with Crippen LogP contribution in [-0.2, 0) is 0 Å². The van der Waals surface area contributed by atoms with Crippen molar-refractivity contribution >= 4 is 5.78 Å². The molecule has 0 unspecified atom stereocenters. The predicted molar refractivity (Wildman–Crippen MR) is 84.4 cm³/mol. The molecule has 110 valence electrons. The van der Waals surface area contributed by atoms with E-state index < -0.39 is 0 Å². The molecular weight excluding hydrogens is 246 g/mol. The van der Waals surface area contributed by atoms with Crippen LogP contribution in [0.15, 0.2) is 18.2 Å². The van der Waals surface area contributed by atoms with Gasteiger partial charge < -0.3 is 0 Å². The molecule has 1 fully saturated rings. The van der Waals surface area contributed by atoms with Gasteiger partial charge in [-0.05, 0) is 50.9 Å². The summed E-state index contributed by atoms with van der Waals surface area (Å²) in [5.74, 6) is 0.347. The van der Waals surface area contributed by atoms with Crippen molar-refractivity contribution in [1.29, 1.82) is 0 Å². The fraction of sp³-hybridized carbons (Fsp3) is 0.611. The third-order valence-electron chi connectivity index (χ3n) is 5.07. The van der Waals surface area contributed by atoms with Crippen molar-refractivity contribution in [2.75, 3.05) is 13.1 Å². The molecule has 2 nitrogen and oxygen atoms in total. The topological polar surface area (TPSA) is 20.3 Å². The summed E-state index contributed by atoms with van der Waals surface area (Å²) in [5.41, 5.74) is 3.04. The Kier molecular flexibility index (Phi) is 4.64. The van der Waals surface area contributed by atoms with Gasteiger partial charge in [-0.25, -0.2) is 0 Å². The van der Waals surface area contributed by atoms with Gasteiger partial charge in [0.05, 0.1) is 5.54 Å². The second-order valence-corrected chi connectivity index (χ2v) is 5.99. The molecule has 2 heteroatoms. The monoisotopic (exact) mass is 273 g/mol. The largest absolute Gasteiger partial charge is 0.292 e. The molecule has 20 heavy (non-hydrogen) atoms. The highest BCUT2D eigenvalue weighted by Crippen LogP contribution is 2.38. The molecule has 0 aromatic heterocycles. The van der Waals surface area contributed by atoms with Crippen molar-refractivity contribution in [1.82, 2.24) is 4.90 Å². The lowest BCUT2D eigenvalue weighted by molar-refractivity contribution is 0.0583. The van der Waals surface area contributed by atoms with E-state index in [2.05, 4.69) is 38.7 Å². The van der Waals surface area contributed by atoms with Crippen LogP contribution in [0.3, 0.4) is 0 Å². The highest BCUT2D eigenvalue weighted by Gasteiger charge is 2.45. The van der Waals surface area contributed by atoms with E-state index >= 15 is 0 Å². The number of nitrogens with zero attached hydrogens (tertiary/aromatic N) is 1. The highest BCUT2D eigenvalue weighted by atomic mass is 16.1. The van der Waals surface area contributed by atoms with Crippen molar-refractivity contribution < 1.29 is 4.79 Å². The van der Waals surface area contributed by atoms with Gasteiger partial charge in [-0.1, -0.05) is 44.9 Å². The third kappa shape index (κ3) is 2.42. The van der Waals surface area contributed by atoms with Crippen LogP contribution in [0.5, 0.6) is 0 Å². The summed E-state index contributed by atoms with van der Waals surface area (Å²) in [6.45, 7) is 10.4. The zero-order valence-corrected chi connectivity index (χ0v) is 13.3. The number of rotatable bonds is 5. The molecule has 1 aromatic carbocycles. The van der Waals surface area contributed by atoms with Crippen molar-refractivity contribution in [2.24, 2.45) is 0 Å². The van der Waals surface area contributed by atoms with Crippen molar-refractivity contribution in [3.8, 4) is 0 Å². The average Bonchev–Trinajstić information content (AvgIpc) is 2.93. The molecule has 2 rings (SSSR count). The first kappa shape index (κ1) is 15.2. The third-order valence-corrected chi connectivity index (χ3v) is 5.07. The Morgan fingerprint density at radius 1 is 1.15 bits per heavy atom. The summed E-state index contributed by atoms with van der Waals surface area (Å²) in [6.07, 6.45) is 4.38. The molecular formula is C18H27NO. The summed E-state index contributed by atoms with van der Waals surface area (Å²) in [7, 11) is 0. The van der Waals surface area contributed by atoms with Gasteiger partial charge in [0.2, 0.25) is 0 Å². The Morgan fingerprint density at radius 3 is 2.30 bits per heavy atom. The van der Waals surface area contributed by atoms with E-state index in [4.69, 9.17) is 0 Å². The Labute approximate surface area is 123 Å². The molecule has 0 amide bonds. The second kappa shape index (κ2) is 6.09. The van der Waals surface area contributed by atoms with Crippen LogP contribution in [0.25, 0.3) is 0 Å². The van der Waals surface area contributed by atoms with Crippen molar-refractivity contribution in [2.45, 2.75) is 58.9 Å². The smallest absolute Gasteiger partial charge is 0.183 e. The molecule has 0 bridgehead atoms. The average molecular weight is 273 g/mol. The van der Waals surface area contributed by atoms with Gasteiger partial charge in [-0.15, -0.1) is 0 Å². The van der Waals surface area contributed by atoms with Crippen LogP contribution >= 0.6 is 0 Å². The van der Waals surface area contributed by atoms with E-state index in [0.29, 0.717) is 5.78 Å². The van der Waals surface area contributed by atoms with E-state index in [0.717, 1.165) is 37.1 Å². The van der Waals surface area contributed by atoms with Crippen LogP contribution in [-0.4, -0.2) is 29.3 Å². The maximum Gasteiger partial charge on any atom is 0.183 e. The summed E-state index contributed by atoms with van der Waals surface area (Å²) in [4.78, 5) is 15.6. The van der Waals surface area contributed by atoms with E-state index in [1.165, 1.54) is 18.4 Å². The molecule has 0 atom stereocenters. The number of likely N-dealkylation sites (N-methyl/N-ethyl adjacent to an activating group) is 1. The molecule has 0 aliphatic heterocycles. The van der Waals surface area contributed by atoms with Gasteiger partial charge in [0, 0.05) is 5.56 Å². The van der Waals surface area contributed by atoms with Gasteiger partial charge in [0.25, 0.3) is 0 Å². The van der Waals surface area contributed by atoms with Gasteiger partial charge >= 0.3 is 0 Å². The standard InChI is InChI=1S/C18H27NO/c1-5-19(6-2)18(12-7-8-13-18)17(20)16-11-9-10-14(3)15(16)4/h9-11H,5-8,12-13H2,1-4H3. The maximum absolute atomic E-state index is 13.3. The molecule has 1 saturated carbocycles. The van der Waals surface area contributed by atoms with Crippen LogP contribution in [0, 0.1) is 13.8 Å². The minimum atomic E-state index is -0.248. The number of hydrogen-bond donors (Lipinski definition) is 0. The molecule has 1 aliphatic rings. The molecule has 0 radical (unpaired) electrons. The number of Topliss-reactive ketones (excluding diaryl/α,β-unsaturated/α-hetero) is 1. The molecule has 0 N–H and O–H groups in total. The summed E-state index contributed by atoms with van der Waals surface area (Å²) in [6, 6.07) is 6.11. The first-order valence-corrected chi connectivity index (χ1v) is 7.93. The van der Waals surface area contributed by atoms with Crippen LogP contribution in [0.4, 0.5) is 0 Å². The van der Waals surface area contributed by atoms with E-state index in [1.807, 2.05) is 12.1 Å². The minimum absolute atomic E-state index is 0.248. The number of carbonyl (C=O) groups excluding carboxylic acids is 1. The van der Waals surface area contributed by atoms with Crippen LogP contribution in [0.2, 0.25) is 0 Å². The number of ketones is 1. The SMILES string of the molecule is CCN(CC)C1(C(=O)c2cccc(C)c2C)CCCC1. The Morgan fingerprint density at radius 2 is 1.75 bits per heavy atom. The lowest BCUT2D eigenvalue weighted by atomic mass is 9.83. The Bertz CT molecular complexity index is 482. The van der Waals surface area contributed by atoms with Crippen LogP contribution in [0.1, 0.15) is 61.0 Å². The van der Waals surface area contributed by atoms with Gasteiger partial charge in [-0.3, -0.25) is 9.69 Å². The zero-order valence-electron chi connectivity index (χ0n) is 13.3. The Hall–Kier alpha value is -1.15. The lowest BCUT2D eigenvalue weighted by Crippen LogP contribution is -2.52. The fourth-order valence-electron chi connectivity index (χ4n) is 3.72. The first-order valence-electron chi connectivity index (χ1n) is 7.93. The zero-order chi connectivity index (χ0) is 14.8. The first-order chi connectivity index (χ1) is 9.56. The number of carbonyl (C=O) groups is 1. The number of aryl methyl sites for hydroxylation is 1. The van der Waals surface area contributed by atoms with Crippen LogP contribution < -0.4 is 0 Å². The molecule has 1 aliphatic carbocycles. The second-order valence-electron chi connectivity index (χ2n) is 5.99. The van der Waals surface area contributed by atoms with E-state index in [1.54, 1.807) is 0 Å². The molecule has 0 spiro atoms. The number of hydrogen-bond acceptors (Lipinski definition) is 2. The lowest BCUT2D eigenvalue weighted by Gasteiger charge is -2.39. The van der Waals surface area contributed by atoms with Crippen molar-refractivity contribution in [3.63, 3.8) is 0 Å². The van der Waals surface area contributed by atoms with Gasteiger partial charge in [0.1, 0.15) is 0 Å². The summed E-state index contributed by atoms with van der Waals surface area (Å²) in [5, 5.41) is 0. The molecule has 0 saturated heterocycles. The summed E-state index contributed by atoms with van der Waals surface area (Å²) >= 11 is 0. The Balaban J connectivity index is 2.44. The predicted octanol–water partition coefficient (Wildman–Crippen LogP) is 4.14. The summed E-state index contributed by atoms with van der Waals surface area (Å²) < 4.78 is 0. The maximum atomic E-state index is 13.3.